The quantitative estimate of drug-likeness (QED) is 0.857. The summed E-state index contributed by atoms with van der Waals surface area (Å²) in [6, 6.07) is 3.64. The summed E-state index contributed by atoms with van der Waals surface area (Å²) in [7, 11) is 0. The van der Waals surface area contributed by atoms with Gasteiger partial charge in [-0.1, -0.05) is 0 Å². The van der Waals surface area contributed by atoms with E-state index in [0.29, 0.717) is 11.5 Å². The third-order valence-electron chi connectivity index (χ3n) is 2.31. The number of carbonyl (C=O) groups is 1. The maximum absolute atomic E-state index is 11.0. The van der Waals surface area contributed by atoms with Crippen molar-refractivity contribution < 1.29 is 9.90 Å². The largest absolute Gasteiger partial charge is 0.477 e. The van der Waals surface area contributed by atoms with Gasteiger partial charge < -0.3 is 10.4 Å². The van der Waals surface area contributed by atoms with E-state index in [1.54, 1.807) is 13.1 Å². The zero-order valence-electron chi connectivity index (χ0n) is 10.0. The van der Waals surface area contributed by atoms with Gasteiger partial charge in [0.1, 0.15) is 17.2 Å². The molecule has 6 heteroatoms. The van der Waals surface area contributed by atoms with E-state index in [9.17, 15) is 4.79 Å². The third kappa shape index (κ3) is 2.60. The first-order valence-electron chi connectivity index (χ1n) is 5.33. The average molecular weight is 244 g/mol. The van der Waals surface area contributed by atoms with E-state index in [1.807, 2.05) is 19.1 Å². The van der Waals surface area contributed by atoms with Crippen molar-refractivity contribution in [2.45, 2.75) is 13.8 Å². The van der Waals surface area contributed by atoms with Crippen LogP contribution >= 0.6 is 0 Å². The first-order chi connectivity index (χ1) is 8.56. The number of hydrogen-bond donors (Lipinski definition) is 2. The van der Waals surface area contributed by atoms with Crippen molar-refractivity contribution in [3.05, 3.63) is 41.6 Å². The Morgan fingerprint density at radius 1 is 1.22 bits per heavy atom. The topological polar surface area (TPSA) is 88.0 Å². The molecule has 0 saturated carbocycles. The molecular formula is C12H12N4O2. The van der Waals surface area contributed by atoms with Gasteiger partial charge in [-0.25, -0.2) is 14.8 Å². The third-order valence-corrected chi connectivity index (χ3v) is 2.31. The van der Waals surface area contributed by atoms with Crippen molar-refractivity contribution in [1.29, 1.82) is 0 Å². The summed E-state index contributed by atoms with van der Waals surface area (Å²) in [6.45, 7) is 3.57. The van der Waals surface area contributed by atoms with Gasteiger partial charge in [-0.05, 0) is 26.0 Å². The molecule has 0 aromatic carbocycles. The van der Waals surface area contributed by atoms with Gasteiger partial charge in [0, 0.05) is 11.9 Å². The summed E-state index contributed by atoms with van der Waals surface area (Å²) < 4.78 is 0. The standard InChI is InChI=1S/C12H12N4O2/c1-7-3-4-9(5-13-7)16-11-10(12(17)18)6-14-8(2)15-11/h3-6H,1-2H3,(H,17,18)(H,14,15,16). The molecule has 0 fully saturated rings. The van der Waals surface area contributed by atoms with E-state index in [0.717, 1.165) is 5.69 Å². The Kier molecular flexibility index (Phi) is 3.18. The van der Waals surface area contributed by atoms with Crippen LogP contribution in [0, 0.1) is 13.8 Å². The number of anilines is 2. The lowest BCUT2D eigenvalue weighted by Gasteiger charge is -2.08. The summed E-state index contributed by atoms with van der Waals surface area (Å²) in [5, 5.41) is 12.0. The van der Waals surface area contributed by atoms with E-state index < -0.39 is 5.97 Å². The highest BCUT2D eigenvalue weighted by molar-refractivity contribution is 5.93. The van der Waals surface area contributed by atoms with Crippen molar-refractivity contribution in [2.75, 3.05) is 5.32 Å². The maximum atomic E-state index is 11.0. The van der Waals surface area contributed by atoms with Crippen molar-refractivity contribution in [3.8, 4) is 0 Å². The maximum Gasteiger partial charge on any atom is 0.341 e. The van der Waals surface area contributed by atoms with Gasteiger partial charge in [-0.15, -0.1) is 0 Å². The predicted octanol–water partition coefficient (Wildman–Crippen LogP) is 1.93. The number of aromatic carboxylic acids is 1. The summed E-state index contributed by atoms with van der Waals surface area (Å²) in [6.07, 6.45) is 2.91. The monoisotopic (exact) mass is 244 g/mol. The zero-order valence-corrected chi connectivity index (χ0v) is 10.0. The number of carboxylic acid groups (broad SMARTS) is 1. The molecule has 0 bridgehead atoms. The normalized spacial score (nSPS) is 10.1. The van der Waals surface area contributed by atoms with Crippen LogP contribution in [-0.4, -0.2) is 26.0 Å². The molecule has 2 N–H and O–H groups in total. The number of nitrogens with one attached hydrogen (secondary N) is 1. The highest BCUT2D eigenvalue weighted by Gasteiger charge is 2.12. The second-order valence-electron chi connectivity index (χ2n) is 3.80. The fourth-order valence-electron chi connectivity index (χ4n) is 1.40. The molecule has 0 radical (unpaired) electrons. The van der Waals surface area contributed by atoms with Gasteiger partial charge in [0.2, 0.25) is 0 Å². The molecule has 2 aromatic rings. The van der Waals surface area contributed by atoms with E-state index in [2.05, 4.69) is 20.3 Å². The number of hydrogen-bond acceptors (Lipinski definition) is 5. The van der Waals surface area contributed by atoms with Crippen molar-refractivity contribution in [2.24, 2.45) is 0 Å². The molecule has 0 saturated heterocycles. The van der Waals surface area contributed by atoms with Gasteiger partial charge in [0.15, 0.2) is 0 Å². The van der Waals surface area contributed by atoms with E-state index in [4.69, 9.17) is 5.11 Å². The van der Waals surface area contributed by atoms with Crippen molar-refractivity contribution in [3.63, 3.8) is 0 Å². The highest BCUT2D eigenvalue weighted by Crippen LogP contribution is 2.17. The van der Waals surface area contributed by atoms with E-state index in [1.165, 1.54) is 6.20 Å². The van der Waals surface area contributed by atoms with Crippen LogP contribution in [0.1, 0.15) is 21.9 Å². The molecule has 0 unspecified atom stereocenters. The number of pyridine rings is 1. The number of nitrogens with zero attached hydrogens (tertiary/aromatic N) is 3. The Morgan fingerprint density at radius 3 is 2.61 bits per heavy atom. The Balaban J connectivity index is 2.35. The molecule has 2 heterocycles. The smallest absolute Gasteiger partial charge is 0.341 e. The minimum atomic E-state index is -1.07. The Hall–Kier alpha value is -2.50. The van der Waals surface area contributed by atoms with Crippen LogP contribution in [0.25, 0.3) is 0 Å². The van der Waals surface area contributed by atoms with Crippen LogP contribution in [0.3, 0.4) is 0 Å². The first kappa shape index (κ1) is 12.0. The van der Waals surface area contributed by atoms with Crippen LogP contribution in [0.5, 0.6) is 0 Å². The SMILES string of the molecule is Cc1ccc(Nc2nc(C)ncc2C(=O)O)cn1. The van der Waals surface area contributed by atoms with Crippen LogP contribution in [0.2, 0.25) is 0 Å². The molecule has 2 rings (SSSR count). The Bertz CT molecular complexity index is 581. The van der Waals surface area contributed by atoms with Crippen LogP contribution in [0.4, 0.5) is 11.5 Å². The van der Waals surface area contributed by atoms with Crippen LogP contribution in [-0.2, 0) is 0 Å². The van der Waals surface area contributed by atoms with Gasteiger partial charge in [-0.3, -0.25) is 4.98 Å². The van der Waals surface area contributed by atoms with Gasteiger partial charge in [0.25, 0.3) is 0 Å². The minimum Gasteiger partial charge on any atom is -0.477 e. The summed E-state index contributed by atoms with van der Waals surface area (Å²) in [4.78, 5) is 23.1. The number of aryl methyl sites for hydroxylation is 2. The molecule has 2 aromatic heterocycles. The average Bonchev–Trinajstić information content (AvgIpc) is 2.32. The lowest BCUT2D eigenvalue weighted by molar-refractivity contribution is 0.0697. The van der Waals surface area contributed by atoms with E-state index in [-0.39, 0.29) is 11.4 Å². The second-order valence-corrected chi connectivity index (χ2v) is 3.80. The zero-order chi connectivity index (χ0) is 13.1. The fraction of sp³-hybridized carbons (Fsp3) is 0.167. The highest BCUT2D eigenvalue weighted by atomic mass is 16.4. The molecule has 18 heavy (non-hydrogen) atoms. The Labute approximate surface area is 104 Å². The molecule has 0 aliphatic rings. The number of aromatic nitrogens is 3. The van der Waals surface area contributed by atoms with Gasteiger partial charge in [0.05, 0.1) is 11.9 Å². The van der Waals surface area contributed by atoms with E-state index >= 15 is 0 Å². The van der Waals surface area contributed by atoms with Crippen LogP contribution in [0.15, 0.2) is 24.5 Å². The number of carboxylic acids is 1. The van der Waals surface area contributed by atoms with Crippen molar-refractivity contribution >= 4 is 17.5 Å². The second kappa shape index (κ2) is 4.79. The number of rotatable bonds is 3. The molecule has 6 nitrogen and oxygen atoms in total. The Morgan fingerprint density at radius 2 is 2.00 bits per heavy atom. The fourth-order valence-corrected chi connectivity index (χ4v) is 1.40. The first-order valence-corrected chi connectivity index (χ1v) is 5.33. The lowest BCUT2D eigenvalue weighted by atomic mass is 10.3. The molecule has 0 aliphatic heterocycles. The van der Waals surface area contributed by atoms with Gasteiger partial charge >= 0.3 is 5.97 Å². The van der Waals surface area contributed by atoms with Crippen LogP contribution < -0.4 is 5.32 Å². The molecule has 0 aliphatic carbocycles. The molecule has 0 atom stereocenters. The minimum absolute atomic E-state index is 0.0289. The predicted molar refractivity (Wildman–Crippen MR) is 66.0 cm³/mol. The summed E-state index contributed by atoms with van der Waals surface area (Å²) in [5.41, 5.74) is 1.60. The molecular weight excluding hydrogens is 232 g/mol. The lowest BCUT2D eigenvalue weighted by Crippen LogP contribution is -2.07. The summed E-state index contributed by atoms with van der Waals surface area (Å²) >= 11 is 0. The molecule has 0 spiro atoms. The van der Waals surface area contributed by atoms with Crippen molar-refractivity contribution in [1.82, 2.24) is 15.0 Å². The molecule has 0 amide bonds. The van der Waals surface area contributed by atoms with Gasteiger partial charge in [-0.2, -0.15) is 0 Å². The molecule has 92 valence electrons. The summed E-state index contributed by atoms with van der Waals surface area (Å²) in [5.74, 6) is -0.305.